The lowest BCUT2D eigenvalue weighted by molar-refractivity contribution is 0.128. The van der Waals surface area contributed by atoms with Crippen LogP contribution in [0.15, 0.2) is 30.9 Å². The van der Waals surface area contributed by atoms with E-state index in [1.807, 2.05) is 38.1 Å². The Morgan fingerprint density at radius 2 is 2.00 bits per heavy atom. The zero-order valence-corrected chi connectivity index (χ0v) is 15.2. The molecule has 0 bridgehead atoms. The van der Waals surface area contributed by atoms with Gasteiger partial charge in [0.1, 0.15) is 17.1 Å². The van der Waals surface area contributed by atoms with Crippen LogP contribution in [-0.2, 0) is 6.42 Å². The fourth-order valence-corrected chi connectivity index (χ4v) is 2.71. The van der Waals surface area contributed by atoms with Gasteiger partial charge in [-0.15, -0.1) is 6.58 Å². The van der Waals surface area contributed by atoms with E-state index in [0.717, 1.165) is 42.6 Å². The molecule has 23 heavy (non-hydrogen) atoms. The Morgan fingerprint density at radius 1 is 1.26 bits per heavy atom. The van der Waals surface area contributed by atoms with Crippen LogP contribution in [0.1, 0.15) is 70.9 Å². The zero-order chi connectivity index (χ0) is 17.3. The van der Waals surface area contributed by atoms with Crippen LogP contribution in [0.3, 0.4) is 0 Å². The first-order valence-corrected chi connectivity index (χ1v) is 8.93. The standard InChI is InChI=1S/C19H26O2.C2H6/c1-4-6-8-9-15-13-17(20)16-10-12-19(3,11-7-5-2)21-18(16)14-15;1-2/h5,10,12-14,20H,2,4,6-9,11H2,1,3H3;1-2H3. The first-order valence-electron chi connectivity index (χ1n) is 8.93. The number of fused-ring (bicyclic) bond motifs is 1. The van der Waals surface area contributed by atoms with E-state index in [0.29, 0.717) is 5.75 Å². The van der Waals surface area contributed by atoms with Crippen molar-refractivity contribution in [3.05, 3.63) is 42.0 Å². The number of phenolic OH excluding ortho intramolecular Hbond substituents is 1. The van der Waals surface area contributed by atoms with Gasteiger partial charge in [-0.3, -0.25) is 0 Å². The molecule has 1 heterocycles. The third kappa shape index (κ3) is 5.46. The predicted molar refractivity (Wildman–Crippen MR) is 100 cm³/mol. The number of phenols is 1. The summed E-state index contributed by atoms with van der Waals surface area (Å²) < 4.78 is 6.15. The Balaban J connectivity index is 0.00000127. The molecule has 0 saturated carbocycles. The van der Waals surface area contributed by atoms with Gasteiger partial charge >= 0.3 is 0 Å². The van der Waals surface area contributed by atoms with Crippen LogP contribution < -0.4 is 4.74 Å². The molecule has 128 valence electrons. The highest BCUT2D eigenvalue weighted by molar-refractivity contribution is 5.67. The lowest BCUT2D eigenvalue weighted by atomic mass is 9.94. The second-order valence-electron chi connectivity index (χ2n) is 6.06. The topological polar surface area (TPSA) is 29.5 Å². The van der Waals surface area contributed by atoms with Crippen molar-refractivity contribution in [2.75, 3.05) is 0 Å². The van der Waals surface area contributed by atoms with Crippen LogP contribution in [0.2, 0.25) is 0 Å². The molecule has 0 fully saturated rings. The van der Waals surface area contributed by atoms with E-state index in [4.69, 9.17) is 4.74 Å². The fraction of sp³-hybridized carbons (Fsp3) is 0.524. The van der Waals surface area contributed by atoms with Crippen molar-refractivity contribution in [3.8, 4) is 11.5 Å². The van der Waals surface area contributed by atoms with Crippen molar-refractivity contribution < 1.29 is 9.84 Å². The summed E-state index contributed by atoms with van der Waals surface area (Å²) in [6.07, 6.45) is 12.3. The van der Waals surface area contributed by atoms with E-state index in [1.165, 1.54) is 12.8 Å². The van der Waals surface area contributed by atoms with Crippen LogP contribution in [0, 0.1) is 0 Å². The molecule has 1 unspecified atom stereocenters. The molecule has 0 radical (unpaired) electrons. The Bertz CT molecular complexity index is 531. The van der Waals surface area contributed by atoms with Gasteiger partial charge in [-0.05, 0) is 62.5 Å². The summed E-state index contributed by atoms with van der Waals surface area (Å²) in [4.78, 5) is 0. The Morgan fingerprint density at radius 3 is 2.65 bits per heavy atom. The van der Waals surface area contributed by atoms with E-state index < -0.39 is 0 Å². The van der Waals surface area contributed by atoms with Gasteiger partial charge in [0, 0.05) is 0 Å². The number of unbranched alkanes of at least 4 members (excludes halogenated alkanes) is 2. The molecule has 1 aromatic carbocycles. The molecule has 2 nitrogen and oxygen atoms in total. The Hall–Kier alpha value is -1.70. The van der Waals surface area contributed by atoms with Crippen molar-refractivity contribution in [2.24, 2.45) is 0 Å². The van der Waals surface area contributed by atoms with E-state index in [-0.39, 0.29) is 5.60 Å². The summed E-state index contributed by atoms with van der Waals surface area (Å²) in [6.45, 7) is 12.0. The molecule has 2 rings (SSSR count). The normalized spacial score (nSPS) is 18.4. The molecule has 0 aliphatic carbocycles. The van der Waals surface area contributed by atoms with Crippen molar-refractivity contribution in [3.63, 3.8) is 0 Å². The second-order valence-corrected chi connectivity index (χ2v) is 6.06. The van der Waals surface area contributed by atoms with E-state index in [1.54, 1.807) is 0 Å². The first kappa shape index (κ1) is 19.3. The smallest absolute Gasteiger partial charge is 0.131 e. The molecule has 1 aliphatic rings. The number of aryl methyl sites for hydroxylation is 1. The summed E-state index contributed by atoms with van der Waals surface area (Å²) in [7, 11) is 0. The second kappa shape index (κ2) is 9.44. The monoisotopic (exact) mass is 316 g/mol. The van der Waals surface area contributed by atoms with Gasteiger partial charge in [-0.25, -0.2) is 0 Å². The molecular weight excluding hydrogens is 284 g/mol. The summed E-state index contributed by atoms with van der Waals surface area (Å²) in [6, 6.07) is 3.95. The van der Waals surface area contributed by atoms with Gasteiger partial charge in [0.25, 0.3) is 0 Å². The molecule has 1 N–H and O–H groups in total. The Kier molecular flexibility index (Phi) is 7.94. The number of hydrogen-bond donors (Lipinski definition) is 1. The maximum atomic E-state index is 10.2. The van der Waals surface area contributed by atoms with Crippen molar-refractivity contribution in [2.45, 2.75) is 71.8 Å². The Labute approximate surface area is 141 Å². The third-order valence-corrected chi connectivity index (χ3v) is 4.04. The summed E-state index contributed by atoms with van der Waals surface area (Å²) >= 11 is 0. The zero-order valence-electron chi connectivity index (χ0n) is 15.2. The minimum Gasteiger partial charge on any atom is -0.507 e. The maximum absolute atomic E-state index is 10.2. The highest BCUT2D eigenvalue weighted by Crippen LogP contribution is 2.39. The quantitative estimate of drug-likeness (QED) is 0.473. The number of rotatable bonds is 7. The van der Waals surface area contributed by atoms with Gasteiger partial charge in [-0.2, -0.15) is 0 Å². The van der Waals surface area contributed by atoms with E-state index in [9.17, 15) is 5.11 Å². The molecule has 0 amide bonds. The maximum Gasteiger partial charge on any atom is 0.131 e. The lowest BCUT2D eigenvalue weighted by Crippen LogP contribution is -2.31. The van der Waals surface area contributed by atoms with Gasteiger partial charge in [0.2, 0.25) is 0 Å². The van der Waals surface area contributed by atoms with Gasteiger partial charge in [0.05, 0.1) is 5.56 Å². The highest BCUT2D eigenvalue weighted by atomic mass is 16.5. The molecule has 0 saturated heterocycles. The number of allylic oxidation sites excluding steroid dienone is 1. The van der Waals surface area contributed by atoms with Gasteiger partial charge in [0.15, 0.2) is 0 Å². The van der Waals surface area contributed by atoms with Crippen LogP contribution in [0.4, 0.5) is 0 Å². The predicted octanol–water partition coefficient (Wildman–Crippen LogP) is 6.28. The minimum absolute atomic E-state index is 0.310. The summed E-state index contributed by atoms with van der Waals surface area (Å²) in [5, 5.41) is 10.2. The van der Waals surface area contributed by atoms with Crippen molar-refractivity contribution in [1.29, 1.82) is 0 Å². The van der Waals surface area contributed by atoms with E-state index >= 15 is 0 Å². The SMILES string of the molecule is C=CCCC1(C)C=Cc2c(O)cc(CCCCC)cc2O1.CC. The van der Waals surface area contributed by atoms with Crippen molar-refractivity contribution in [1.82, 2.24) is 0 Å². The van der Waals surface area contributed by atoms with E-state index in [2.05, 4.69) is 26.5 Å². The van der Waals surface area contributed by atoms with Gasteiger partial charge in [-0.1, -0.05) is 39.7 Å². The molecule has 1 atom stereocenters. The molecule has 0 spiro atoms. The average Bonchev–Trinajstić information content (AvgIpc) is 2.55. The van der Waals surface area contributed by atoms with Crippen molar-refractivity contribution >= 4 is 6.08 Å². The number of ether oxygens (including phenoxy) is 1. The number of aromatic hydroxyl groups is 1. The number of hydrogen-bond acceptors (Lipinski definition) is 2. The minimum atomic E-state index is -0.310. The molecule has 1 aromatic rings. The first-order chi connectivity index (χ1) is 11.1. The fourth-order valence-electron chi connectivity index (χ4n) is 2.71. The number of benzene rings is 1. The van der Waals surface area contributed by atoms with Crippen LogP contribution in [0.5, 0.6) is 11.5 Å². The summed E-state index contributed by atoms with van der Waals surface area (Å²) in [5.41, 5.74) is 1.64. The molecule has 1 aliphatic heterocycles. The lowest BCUT2D eigenvalue weighted by Gasteiger charge is -2.32. The summed E-state index contributed by atoms with van der Waals surface area (Å²) in [5.74, 6) is 1.12. The van der Waals surface area contributed by atoms with Crippen LogP contribution >= 0.6 is 0 Å². The average molecular weight is 316 g/mol. The van der Waals surface area contributed by atoms with Gasteiger partial charge < -0.3 is 9.84 Å². The highest BCUT2D eigenvalue weighted by Gasteiger charge is 2.28. The van der Waals surface area contributed by atoms with Crippen LogP contribution in [0.25, 0.3) is 6.08 Å². The third-order valence-electron chi connectivity index (χ3n) is 4.04. The van der Waals surface area contributed by atoms with Crippen LogP contribution in [-0.4, -0.2) is 10.7 Å². The molecule has 2 heteroatoms. The molecule has 0 aromatic heterocycles. The largest absolute Gasteiger partial charge is 0.507 e. The molecular formula is C21H32O2.